The second-order valence-electron chi connectivity index (χ2n) is 3.83. The van der Waals surface area contributed by atoms with Gasteiger partial charge in [-0.15, -0.1) is 0 Å². The van der Waals surface area contributed by atoms with Crippen molar-refractivity contribution in [2.24, 2.45) is 0 Å². The van der Waals surface area contributed by atoms with E-state index in [1.54, 1.807) is 0 Å². The van der Waals surface area contributed by atoms with Gasteiger partial charge < -0.3 is 15.2 Å². The SMILES string of the molecule is CC(C)Oc1ncc(C(=O)NCCO)cc1C#N. The van der Waals surface area contributed by atoms with E-state index in [2.05, 4.69) is 10.3 Å². The van der Waals surface area contributed by atoms with E-state index in [0.29, 0.717) is 0 Å². The largest absolute Gasteiger partial charge is 0.474 e. The topological polar surface area (TPSA) is 95.2 Å². The summed E-state index contributed by atoms with van der Waals surface area (Å²) in [5, 5.41) is 20.1. The van der Waals surface area contributed by atoms with Crippen molar-refractivity contribution in [1.29, 1.82) is 5.26 Å². The van der Waals surface area contributed by atoms with Crippen LogP contribution in [-0.2, 0) is 0 Å². The highest BCUT2D eigenvalue weighted by Crippen LogP contribution is 2.16. The lowest BCUT2D eigenvalue weighted by Crippen LogP contribution is -2.26. The molecule has 1 amide bonds. The standard InChI is InChI=1S/C12H15N3O3/c1-8(2)18-12-9(6-13)5-10(7-15-12)11(17)14-3-4-16/h5,7-8,16H,3-4H2,1-2H3,(H,14,17). The zero-order valence-corrected chi connectivity index (χ0v) is 10.3. The molecule has 18 heavy (non-hydrogen) atoms. The number of carbonyl (C=O) groups excluding carboxylic acids is 1. The fraction of sp³-hybridized carbons (Fsp3) is 0.417. The van der Waals surface area contributed by atoms with Crippen LogP contribution >= 0.6 is 0 Å². The second kappa shape index (κ2) is 6.57. The highest BCUT2D eigenvalue weighted by atomic mass is 16.5. The number of nitrogens with zero attached hydrogens (tertiary/aromatic N) is 2. The van der Waals surface area contributed by atoms with Crippen molar-refractivity contribution in [2.75, 3.05) is 13.2 Å². The van der Waals surface area contributed by atoms with Crippen molar-refractivity contribution in [1.82, 2.24) is 10.3 Å². The predicted octanol–water partition coefficient (Wildman–Crippen LogP) is 0.463. The molecular weight excluding hydrogens is 234 g/mol. The molecule has 0 radical (unpaired) electrons. The maximum atomic E-state index is 11.6. The summed E-state index contributed by atoms with van der Waals surface area (Å²) in [5.74, 6) is -0.171. The third-order valence-electron chi connectivity index (χ3n) is 1.98. The summed E-state index contributed by atoms with van der Waals surface area (Å²) in [4.78, 5) is 15.5. The van der Waals surface area contributed by atoms with Gasteiger partial charge in [-0.05, 0) is 19.9 Å². The average molecular weight is 249 g/mol. The number of aliphatic hydroxyl groups excluding tert-OH is 1. The normalized spacial score (nSPS) is 9.94. The van der Waals surface area contributed by atoms with Crippen molar-refractivity contribution in [3.8, 4) is 11.9 Å². The Balaban J connectivity index is 2.92. The van der Waals surface area contributed by atoms with E-state index in [1.807, 2.05) is 19.9 Å². The molecule has 0 aromatic carbocycles. The Labute approximate surface area is 105 Å². The minimum absolute atomic E-state index is 0.0985. The van der Waals surface area contributed by atoms with Gasteiger partial charge in [0.25, 0.3) is 5.91 Å². The van der Waals surface area contributed by atoms with E-state index in [9.17, 15) is 4.79 Å². The van der Waals surface area contributed by atoms with Crippen LogP contribution < -0.4 is 10.1 Å². The van der Waals surface area contributed by atoms with E-state index in [4.69, 9.17) is 15.1 Å². The Bertz CT molecular complexity index is 466. The van der Waals surface area contributed by atoms with E-state index < -0.39 is 0 Å². The number of hydrogen-bond acceptors (Lipinski definition) is 5. The highest BCUT2D eigenvalue weighted by Gasteiger charge is 2.12. The van der Waals surface area contributed by atoms with Crippen LogP contribution in [0.25, 0.3) is 0 Å². The van der Waals surface area contributed by atoms with Crippen LogP contribution in [0.1, 0.15) is 29.8 Å². The lowest BCUT2D eigenvalue weighted by molar-refractivity contribution is 0.0944. The molecule has 0 fully saturated rings. The average Bonchev–Trinajstić information content (AvgIpc) is 2.35. The first-order valence-electron chi connectivity index (χ1n) is 5.54. The Morgan fingerprint density at radius 2 is 2.39 bits per heavy atom. The molecule has 2 N–H and O–H groups in total. The summed E-state index contributed by atoms with van der Waals surface area (Å²) in [6, 6.07) is 3.35. The quantitative estimate of drug-likeness (QED) is 0.790. The Morgan fingerprint density at radius 3 is 2.94 bits per heavy atom. The number of aliphatic hydroxyl groups is 1. The molecule has 1 aromatic heterocycles. The molecule has 6 heteroatoms. The van der Waals surface area contributed by atoms with Gasteiger partial charge in [-0.25, -0.2) is 4.98 Å². The zero-order chi connectivity index (χ0) is 13.5. The number of nitrogens with one attached hydrogen (secondary N) is 1. The maximum absolute atomic E-state index is 11.6. The molecular formula is C12H15N3O3. The molecule has 0 spiro atoms. The van der Waals surface area contributed by atoms with Gasteiger partial charge in [-0.3, -0.25) is 4.79 Å². The van der Waals surface area contributed by atoms with Crippen LogP contribution in [0.2, 0.25) is 0 Å². The summed E-state index contributed by atoms with van der Waals surface area (Å²) in [6.07, 6.45) is 1.24. The van der Waals surface area contributed by atoms with Gasteiger partial charge in [0.1, 0.15) is 11.6 Å². The molecule has 6 nitrogen and oxygen atoms in total. The summed E-state index contributed by atoms with van der Waals surface area (Å²) in [7, 11) is 0. The molecule has 1 heterocycles. The molecule has 0 aliphatic rings. The predicted molar refractivity (Wildman–Crippen MR) is 64.1 cm³/mol. The van der Waals surface area contributed by atoms with E-state index in [-0.39, 0.29) is 42.2 Å². The van der Waals surface area contributed by atoms with Crippen LogP contribution in [0.5, 0.6) is 5.88 Å². The number of carbonyl (C=O) groups is 1. The maximum Gasteiger partial charge on any atom is 0.252 e. The monoisotopic (exact) mass is 249 g/mol. The minimum Gasteiger partial charge on any atom is -0.474 e. The van der Waals surface area contributed by atoms with Gasteiger partial charge >= 0.3 is 0 Å². The van der Waals surface area contributed by atoms with Gasteiger partial charge in [0.15, 0.2) is 0 Å². The van der Waals surface area contributed by atoms with Crippen LogP contribution in [0.15, 0.2) is 12.3 Å². The zero-order valence-electron chi connectivity index (χ0n) is 10.3. The van der Waals surface area contributed by atoms with Gasteiger partial charge in [0, 0.05) is 12.7 Å². The van der Waals surface area contributed by atoms with Crippen LogP contribution in [0.3, 0.4) is 0 Å². The van der Waals surface area contributed by atoms with E-state index in [0.717, 1.165) is 0 Å². The smallest absolute Gasteiger partial charge is 0.252 e. The molecule has 96 valence electrons. The van der Waals surface area contributed by atoms with Gasteiger partial charge in [-0.2, -0.15) is 5.26 Å². The molecule has 1 aromatic rings. The Hall–Kier alpha value is -2.13. The summed E-state index contributed by atoms with van der Waals surface area (Å²) in [5.41, 5.74) is 0.469. The number of aromatic nitrogens is 1. The summed E-state index contributed by atoms with van der Waals surface area (Å²) < 4.78 is 5.35. The fourth-order valence-corrected chi connectivity index (χ4v) is 1.25. The van der Waals surface area contributed by atoms with Crippen molar-refractivity contribution in [3.63, 3.8) is 0 Å². The molecule has 0 saturated heterocycles. The molecule has 0 unspecified atom stereocenters. The Morgan fingerprint density at radius 1 is 1.67 bits per heavy atom. The summed E-state index contributed by atoms with van der Waals surface area (Å²) >= 11 is 0. The second-order valence-corrected chi connectivity index (χ2v) is 3.83. The molecule has 0 atom stereocenters. The van der Waals surface area contributed by atoms with Crippen molar-refractivity contribution < 1.29 is 14.6 Å². The first-order chi connectivity index (χ1) is 8.58. The first kappa shape index (κ1) is 13.9. The molecule has 0 aliphatic carbocycles. The van der Waals surface area contributed by atoms with Gasteiger partial charge in [0.2, 0.25) is 5.88 Å². The number of hydrogen-bond donors (Lipinski definition) is 2. The van der Waals surface area contributed by atoms with Gasteiger partial charge in [-0.1, -0.05) is 0 Å². The molecule has 1 rings (SSSR count). The lowest BCUT2D eigenvalue weighted by atomic mass is 10.2. The van der Waals surface area contributed by atoms with Crippen molar-refractivity contribution in [2.45, 2.75) is 20.0 Å². The number of ether oxygens (including phenoxy) is 1. The highest BCUT2D eigenvalue weighted by molar-refractivity contribution is 5.94. The third-order valence-corrected chi connectivity index (χ3v) is 1.98. The molecule has 0 aliphatic heterocycles. The summed E-state index contributed by atoms with van der Waals surface area (Å²) in [6.45, 7) is 3.67. The lowest BCUT2D eigenvalue weighted by Gasteiger charge is -2.10. The van der Waals surface area contributed by atoms with Gasteiger partial charge in [0.05, 0.1) is 18.3 Å². The van der Waals surface area contributed by atoms with Crippen LogP contribution in [0, 0.1) is 11.3 Å². The minimum atomic E-state index is -0.385. The third kappa shape index (κ3) is 3.71. The van der Waals surface area contributed by atoms with Crippen LogP contribution in [-0.4, -0.2) is 35.3 Å². The molecule has 0 bridgehead atoms. The van der Waals surface area contributed by atoms with E-state index >= 15 is 0 Å². The number of amides is 1. The molecule has 0 saturated carbocycles. The van der Waals surface area contributed by atoms with Crippen LogP contribution in [0.4, 0.5) is 0 Å². The number of pyridine rings is 1. The fourth-order valence-electron chi connectivity index (χ4n) is 1.25. The van der Waals surface area contributed by atoms with E-state index in [1.165, 1.54) is 12.3 Å². The number of nitriles is 1. The van der Waals surface area contributed by atoms with Crippen molar-refractivity contribution in [3.05, 3.63) is 23.4 Å². The number of rotatable bonds is 5. The Kier molecular flexibility index (Phi) is 5.08. The first-order valence-corrected chi connectivity index (χ1v) is 5.54. The van der Waals surface area contributed by atoms with Crippen molar-refractivity contribution >= 4 is 5.91 Å².